The maximum absolute atomic E-state index is 12.2. The number of hydrogen-bond donors (Lipinski definition) is 3. The summed E-state index contributed by atoms with van der Waals surface area (Å²) in [5.41, 5.74) is 6.63. The number of nitrogens with zero attached hydrogens (tertiary/aromatic N) is 2. The van der Waals surface area contributed by atoms with Crippen LogP contribution in [0.5, 0.6) is 17.2 Å². The van der Waals surface area contributed by atoms with Gasteiger partial charge in [0.2, 0.25) is 0 Å². The van der Waals surface area contributed by atoms with E-state index < -0.39 is 16.8 Å². The topological polar surface area (TPSA) is 146 Å². The van der Waals surface area contributed by atoms with Crippen molar-refractivity contribution in [2.45, 2.75) is 6.54 Å². The van der Waals surface area contributed by atoms with Crippen LogP contribution in [0.25, 0.3) is 10.9 Å². The molecule has 0 saturated heterocycles. The van der Waals surface area contributed by atoms with Crippen LogP contribution in [0.4, 0.5) is 17.1 Å². The van der Waals surface area contributed by atoms with Crippen molar-refractivity contribution >= 4 is 45.5 Å². The van der Waals surface area contributed by atoms with Crippen molar-refractivity contribution in [3.8, 4) is 17.2 Å². The summed E-state index contributed by atoms with van der Waals surface area (Å²) in [6.07, 6.45) is 4.85. The van der Waals surface area contributed by atoms with Crippen molar-refractivity contribution in [2.24, 2.45) is 5.73 Å². The predicted molar refractivity (Wildman–Crippen MR) is 145 cm³/mol. The number of primary amides is 1. The lowest BCUT2D eigenvalue weighted by Crippen LogP contribution is -2.36. The van der Waals surface area contributed by atoms with Crippen LogP contribution in [0.1, 0.15) is 15.9 Å². The van der Waals surface area contributed by atoms with Gasteiger partial charge in [0, 0.05) is 42.7 Å². The Morgan fingerprint density at radius 1 is 0.974 bits per heavy atom. The van der Waals surface area contributed by atoms with Gasteiger partial charge in [-0.25, -0.2) is 0 Å². The number of benzene rings is 2. The minimum Gasteiger partial charge on any atom is -0.496 e. The maximum Gasteiger partial charge on any atom is 0.253 e. The number of amides is 1. The van der Waals surface area contributed by atoms with E-state index in [0.717, 1.165) is 5.56 Å². The average molecular weight is 530 g/mol. The Bertz CT molecular complexity index is 1750. The minimum absolute atomic E-state index is 0.132. The molecule has 0 aliphatic carbocycles. The smallest absolute Gasteiger partial charge is 0.253 e. The predicted octanol–water partition coefficient (Wildman–Crippen LogP) is 4.13. The van der Waals surface area contributed by atoms with Crippen LogP contribution in [-0.2, 0) is 6.54 Å². The van der Waals surface area contributed by atoms with E-state index in [9.17, 15) is 14.4 Å². The molecule has 0 radical (unpaired) electrons. The van der Waals surface area contributed by atoms with Gasteiger partial charge in [0.1, 0.15) is 28.6 Å². The van der Waals surface area contributed by atoms with E-state index >= 15 is 0 Å². The van der Waals surface area contributed by atoms with E-state index in [1.807, 2.05) is 0 Å². The number of nitrogens with one attached hydrogen (secondary N) is 2. The molecular formula is C27H20ClN5O5. The number of carbonyl (C=O) groups is 1. The summed E-state index contributed by atoms with van der Waals surface area (Å²) < 4.78 is 11.3. The third-order valence-electron chi connectivity index (χ3n) is 5.85. The zero-order chi connectivity index (χ0) is 26.8. The molecule has 0 fully saturated rings. The first-order valence-corrected chi connectivity index (χ1v) is 11.7. The van der Waals surface area contributed by atoms with Crippen molar-refractivity contribution in [1.29, 1.82) is 0 Å². The van der Waals surface area contributed by atoms with Gasteiger partial charge in [-0.15, -0.1) is 0 Å². The van der Waals surface area contributed by atoms with Crippen molar-refractivity contribution in [3.63, 3.8) is 0 Å². The van der Waals surface area contributed by atoms with Gasteiger partial charge in [0.05, 0.1) is 28.9 Å². The van der Waals surface area contributed by atoms with Gasteiger partial charge in [-0.1, -0.05) is 11.6 Å². The van der Waals surface area contributed by atoms with Crippen molar-refractivity contribution < 1.29 is 14.3 Å². The Labute approximate surface area is 220 Å². The second-order valence-electron chi connectivity index (χ2n) is 8.23. The summed E-state index contributed by atoms with van der Waals surface area (Å²) in [6.45, 7) is 0.353. The van der Waals surface area contributed by atoms with Gasteiger partial charge < -0.3 is 25.8 Å². The molecule has 3 aromatic carbocycles. The number of carbonyl (C=O) groups excluding carboxylic acids is 1. The second kappa shape index (κ2) is 10.2. The Balaban J connectivity index is 1.37. The maximum atomic E-state index is 12.2. The molecule has 38 heavy (non-hydrogen) atoms. The standard InChI is InChI=1S/C27H20ClN5O5/c1-37-22-12-20-16(11-17(22)27(29)36)21(6-9-31-20)38-15-2-3-19(18(28)10-15)33-24-23(25(34)26(24)35)32-13-14-4-7-30-8-5-14/h2-12,32-33H,13H2,1H3,(H2,29,36). The van der Waals surface area contributed by atoms with Crippen LogP contribution in [0.2, 0.25) is 5.02 Å². The van der Waals surface area contributed by atoms with E-state index in [1.54, 1.807) is 67.1 Å². The Morgan fingerprint density at radius 3 is 2.45 bits per heavy atom. The molecule has 0 bridgehead atoms. The second-order valence-corrected chi connectivity index (χ2v) is 8.64. The zero-order valence-electron chi connectivity index (χ0n) is 19.9. The van der Waals surface area contributed by atoms with Gasteiger partial charge >= 0.3 is 0 Å². The number of halogens is 1. The van der Waals surface area contributed by atoms with Crippen molar-refractivity contribution in [1.82, 2.24) is 9.97 Å². The fourth-order valence-electron chi connectivity index (χ4n) is 3.89. The van der Waals surface area contributed by atoms with Gasteiger partial charge in [-0.2, -0.15) is 0 Å². The molecule has 2 heterocycles. The number of ether oxygens (including phenoxy) is 2. The molecule has 1 amide bonds. The number of anilines is 3. The highest BCUT2D eigenvalue weighted by Crippen LogP contribution is 2.36. The normalized spacial score (nSPS) is 10.9. The summed E-state index contributed by atoms with van der Waals surface area (Å²) >= 11 is 6.47. The fourth-order valence-corrected chi connectivity index (χ4v) is 4.11. The number of hydrogen-bond acceptors (Lipinski definition) is 9. The summed E-state index contributed by atoms with van der Waals surface area (Å²) in [5, 5.41) is 6.74. The van der Waals surface area contributed by atoms with E-state index in [2.05, 4.69) is 20.6 Å². The van der Waals surface area contributed by atoms with E-state index in [0.29, 0.717) is 40.4 Å². The highest BCUT2D eigenvalue weighted by atomic mass is 35.5. The molecule has 0 unspecified atom stereocenters. The number of rotatable bonds is 9. The molecule has 2 aromatic heterocycles. The Morgan fingerprint density at radius 2 is 1.74 bits per heavy atom. The lowest BCUT2D eigenvalue weighted by molar-refractivity contribution is 0.0997. The van der Waals surface area contributed by atoms with Crippen molar-refractivity contribution in [3.05, 3.63) is 104 Å². The first-order chi connectivity index (χ1) is 18.4. The SMILES string of the molecule is COc1cc2nccc(Oc3ccc(Nc4c(NCc5ccncc5)c(=O)c4=O)c(Cl)c3)c2cc1C(N)=O. The largest absolute Gasteiger partial charge is 0.496 e. The number of pyridine rings is 2. The molecule has 0 aliphatic heterocycles. The molecule has 5 aromatic rings. The van der Waals surface area contributed by atoms with Crippen LogP contribution < -0.4 is 36.7 Å². The summed E-state index contributed by atoms with van der Waals surface area (Å²) in [4.78, 5) is 44.5. The molecule has 11 heteroatoms. The molecule has 0 saturated carbocycles. The third kappa shape index (κ3) is 4.72. The molecule has 0 spiro atoms. The van der Waals surface area contributed by atoms with E-state index in [1.165, 1.54) is 7.11 Å². The zero-order valence-corrected chi connectivity index (χ0v) is 20.7. The van der Waals surface area contributed by atoms with E-state index in [-0.39, 0.29) is 22.0 Å². The minimum atomic E-state index is -0.648. The lowest BCUT2D eigenvalue weighted by atomic mass is 10.1. The van der Waals surface area contributed by atoms with Crippen LogP contribution in [-0.4, -0.2) is 23.0 Å². The molecule has 190 valence electrons. The first kappa shape index (κ1) is 24.7. The van der Waals surface area contributed by atoms with Crippen LogP contribution >= 0.6 is 11.6 Å². The lowest BCUT2D eigenvalue weighted by Gasteiger charge is -2.16. The molecule has 5 rings (SSSR count). The Kier molecular flexibility index (Phi) is 6.63. The van der Waals surface area contributed by atoms with Gasteiger partial charge in [-0.05, 0) is 42.0 Å². The fraction of sp³-hybridized carbons (Fsp3) is 0.0741. The average Bonchev–Trinajstić information content (AvgIpc) is 2.93. The summed E-state index contributed by atoms with van der Waals surface area (Å²) in [6, 6.07) is 13.2. The molecule has 4 N–H and O–H groups in total. The summed E-state index contributed by atoms with van der Waals surface area (Å²) in [7, 11) is 1.44. The quantitative estimate of drug-likeness (QED) is 0.240. The van der Waals surface area contributed by atoms with Gasteiger partial charge in [0.15, 0.2) is 0 Å². The van der Waals surface area contributed by atoms with Crippen LogP contribution in [0.15, 0.2) is 76.7 Å². The number of methoxy groups -OCH3 is 1. The molecular weight excluding hydrogens is 510 g/mol. The monoisotopic (exact) mass is 529 g/mol. The summed E-state index contributed by atoms with van der Waals surface area (Å²) in [5.74, 6) is 0.471. The highest BCUT2D eigenvalue weighted by molar-refractivity contribution is 6.33. The third-order valence-corrected chi connectivity index (χ3v) is 6.16. The van der Waals surface area contributed by atoms with E-state index in [4.69, 9.17) is 26.8 Å². The number of nitrogens with two attached hydrogens (primary N) is 1. The van der Waals surface area contributed by atoms with Gasteiger partial charge in [-0.3, -0.25) is 24.4 Å². The molecule has 0 atom stereocenters. The van der Waals surface area contributed by atoms with Crippen LogP contribution in [0.3, 0.4) is 0 Å². The number of fused-ring (bicyclic) bond motifs is 1. The number of aromatic nitrogens is 2. The highest BCUT2D eigenvalue weighted by Gasteiger charge is 2.22. The van der Waals surface area contributed by atoms with Gasteiger partial charge in [0.25, 0.3) is 16.8 Å². The van der Waals surface area contributed by atoms with Crippen LogP contribution in [0, 0.1) is 0 Å². The van der Waals surface area contributed by atoms with Crippen molar-refractivity contribution in [2.75, 3.05) is 17.7 Å². The molecule has 0 aliphatic rings. The first-order valence-electron chi connectivity index (χ1n) is 11.3. The molecule has 10 nitrogen and oxygen atoms in total. The Hall–Kier alpha value is -4.96.